The van der Waals surface area contributed by atoms with Crippen molar-refractivity contribution >= 4 is 33.7 Å². The Kier molecular flexibility index (Phi) is 4.51. The number of nitro benzene ring substituents is 1. The molecule has 0 saturated heterocycles. The number of aromatic nitrogens is 2. The molecule has 1 N–H and O–H groups in total. The van der Waals surface area contributed by atoms with E-state index in [0.29, 0.717) is 4.47 Å². The lowest BCUT2D eigenvalue weighted by Crippen LogP contribution is -2.19. The Bertz CT molecular complexity index is 771. The number of non-ortho nitro benzene ring substituents is 1. The fourth-order valence-corrected chi connectivity index (χ4v) is 2.13. The van der Waals surface area contributed by atoms with Gasteiger partial charge in [0, 0.05) is 25.4 Å². The lowest BCUT2D eigenvalue weighted by Gasteiger charge is -2.08. The summed E-state index contributed by atoms with van der Waals surface area (Å²) in [5.41, 5.74) is 2.08. The second-order valence-corrected chi connectivity index (χ2v) is 5.03. The van der Waals surface area contributed by atoms with Crippen LogP contribution in [0.25, 0.3) is 0 Å². The van der Waals surface area contributed by atoms with E-state index in [1.807, 2.05) is 0 Å². The average Bonchev–Trinajstić information content (AvgIpc) is 2.79. The number of carbonyl (C=O) groups is 1. The van der Waals surface area contributed by atoms with E-state index >= 15 is 0 Å². The summed E-state index contributed by atoms with van der Waals surface area (Å²) < 4.78 is 1.93. The Morgan fingerprint density at radius 3 is 2.86 bits per heavy atom. The number of benzene rings is 1. The number of halogens is 1. The number of hydrogen-bond acceptors (Lipinski definition) is 6. The van der Waals surface area contributed by atoms with Crippen molar-refractivity contribution in [3.8, 4) is 5.75 Å². The van der Waals surface area contributed by atoms with Crippen molar-refractivity contribution in [2.45, 2.75) is 0 Å². The van der Waals surface area contributed by atoms with Gasteiger partial charge in [0.1, 0.15) is 0 Å². The zero-order valence-corrected chi connectivity index (χ0v) is 12.8. The van der Waals surface area contributed by atoms with E-state index in [-0.39, 0.29) is 16.9 Å². The number of nitrogens with one attached hydrogen (secondary N) is 1. The van der Waals surface area contributed by atoms with Crippen molar-refractivity contribution in [1.29, 1.82) is 0 Å². The van der Waals surface area contributed by atoms with Gasteiger partial charge in [0.25, 0.3) is 11.6 Å². The van der Waals surface area contributed by atoms with Crippen LogP contribution in [0.2, 0.25) is 0 Å². The molecule has 0 spiro atoms. The Morgan fingerprint density at radius 2 is 2.27 bits per heavy atom. The topological polar surface area (TPSA) is 125 Å². The predicted octanol–water partition coefficient (Wildman–Crippen LogP) is 0.928. The molecule has 10 heteroatoms. The molecular weight excluding hydrogens is 358 g/mol. The van der Waals surface area contributed by atoms with Crippen LogP contribution in [-0.4, -0.2) is 26.8 Å². The molecule has 114 valence electrons. The maximum absolute atomic E-state index is 11.8. The van der Waals surface area contributed by atoms with Crippen LogP contribution in [0.4, 0.5) is 5.69 Å². The Morgan fingerprint density at radius 1 is 1.55 bits per heavy atom. The molecule has 2 aromatic rings. The Labute approximate surface area is 132 Å². The standard InChI is InChI=1S/C12H10BrN5O4/c1-17-6-9(13)11(16-17)12(20)15-14-5-7-4-8(18(21)22)2-3-10(7)19/h2-6,19H,1H3,(H,15,20)/p-1/b14-5-. The quantitative estimate of drug-likeness (QED) is 0.489. The van der Waals surface area contributed by atoms with Gasteiger partial charge >= 0.3 is 0 Å². The molecule has 0 fully saturated rings. The first-order valence-corrected chi connectivity index (χ1v) is 6.66. The van der Waals surface area contributed by atoms with Gasteiger partial charge in [-0.2, -0.15) is 10.2 Å². The summed E-state index contributed by atoms with van der Waals surface area (Å²) in [6, 6.07) is 3.24. The van der Waals surface area contributed by atoms with Crippen LogP contribution in [0.1, 0.15) is 16.1 Å². The molecule has 22 heavy (non-hydrogen) atoms. The number of hydrogen-bond donors (Lipinski definition) is 1. The highest BCUT2D eigenvalue weighted by Crippen LogP contribution is 2.19. The number of rotatable bonds is 4. The largest absolute Gasteiger partial charge is 0.872 e. The zero-order valence-electron chi connectivity index (χ0n) is 11.2. The summed E-state index contributed by atoms with van der Waals surface area (Å²) in [4.78, 5) is 21.8. The molecule has 0 aliphatic carbocycles. The smallest absolute Gasteiger partial charge is 0.293 e. The van der Waals surface area contributed by atoms with Crippen LogP contribution in [0.15, 0.2) is 34.0 Å². The summed E-state index contributed by atoms with van der Waals surface area (Å²) in [5, 5.41) is 29.7. The minimum Gasteiger partial charge on any atom is -0.872 e. The second kappa shape index (κ2) is 6.35. The second-order valence-electron chi connectivity index (χ2n) is 4.18. The molecule has 0 bridgehead atoms. The maximum Gasteiger partial charge on any atom is 0.293 e. The van der Waals surface area contributed by atoms with Gasteiger partial charge in [-0.25, -0.2) is 5.43 Å². The number of nitrogens with zero attached hydrogens (tertiary/aromatic N) is 4. The first kappa shape index (κ1) is 15.6. The van der Waals surface area contributed by atoms with Gasteiger partial charge in [-0.05, 0) is 21.5 Å². The Hall–Kier alpha value is -2.75. The van der Waals surface area contributed by atoms with E-state index in [1.165, 1.54) is 4.68 Å². The molecule has 1 amide bonds. The van der Waals surface area contributed by atoms with Crippen molar-refractivity contribution in [2.75, 3.05) is 0 Å². The minimum absolute atomic E-state index is 0.00501. The third-order valence-corrected chi connectivity index (χ3v) is 3.15. The number of carbonyl (C=O) groups excluding carboxylic acids is 1. The van der Waals surface area contributed by atoms with Crippen molar-refractivity contribution in [2.24, 2.45) is 12.1 Å². The SMILES string of the molecule is Cn1cc(Br)c(C(=O)N/N=C\c2cc([N+](=O)[O-])ccc2[O-])n1. The summed E-state index contributed by atoms with van der Waals surface area (Å²) in [5.74, 6) is -1.02. The maximum atomic E-state index is 11.8. The van der Waals surface area contributed by atoms with E-state index in [9.17, 15) is 20.0 Å². The van der Waals surface area contributed by atoms with Crippen LogP contribution in [-0.2, 0) is 7.05 Å². The number of nitro groups is 1. The fraction of sp³-hybridized carbons (Fsp3) is 0.0833. The summed E-state index contributed by atoms with van der Waals surface area (Å²) in [6.07, 6.45) is 2.64. The molecular formula is C12H9BrN5O4-. The third kappa shape index (κ3) is 3.47. The number of aryl methyl sites for hydroxylation is 1. The first-order chi connectivity index (χ1) is 10.4. The monoisotopic (exact) mass is 366 g/mol. The van der Waals surface area contributed by atoms with Gasteiger partial charge in [-0.15, -0.1) is 0 Å². The molecule has 0 unspecified atom stereocenters. The van der Waals surface area contributed by atoms with Crippen LogP contribution in [0, 0.1) is 10.1 Å². The van der Waals surface area contributed by atoms with Crippen molar-refractivity contribution in [1.82, 2.24) is 15.2 Å². The zero-order chi connectivity index (χ0) is 16.3. The van der Waals surface area contributed by atoms with Gasteiger partial charge in [0.15, 0.2) is 5.69 Å². The van der Waals surface area contributed by atoms with Gasteiger partial charge in [-0.3, -0.25) is 19.6 Å². The normalized spacial score (nSPS) is 10.8. The summed E-state index contributed by atoms with van der Waals surface area (Å²) in [6.45, 7) is 0. The molecule has 0 saturated carbocycles. The third-order valence-electron chi connectivity index (χ3n) is 2.57. The molecule has 0 aliphatic rings. The van der Waals surface area contributed by atoms with Gasteiger partial charge < -0.3 is 5.11 Å². The van der Waals surface area contributed by atoms with Crippen molar-refractivity contribution < 1.29 is 14.8 Å². The molecule has 0 aliphatic heterocycles. The van der Waals surface area contributed by atoms with E-state index < -0.39 is 16.6 Å². The molecule has 1 aromatic heterocycles. The van der Waals surface area contributed by atoms with Crippen LogP contribution >= 0.6 is 15.9 Å². The molecule has 2 rings (SSSR count). The van der Waals surface area contributed by atoms with E-state index in [0.717, 1.165) is 24.4 Å². The molecule has 0 radical (unpaired) electrons. The van der Waals surface area contributed by atoms with Crippen LogP contribution < -0.4 is 10.5 Å². The van der Waals surface area contributed by atoms with Gasteiger partial charge in [0.05, 0.1) is 15.6 Å². The van der Waals surface area contributed by atoms with Crippen LogP contribution in [0.5, 0.6) is 5.75 Å². The highest BCUT2D eigenvalue weighted by molar-refractivity contribution is 9.10. The van der Waals surface area contributed by atoms with Crippen molar-refractivity contribution in [3.05, 3.63) is 50.2 Å². The summed E-state index contributed by atoms with van der Waals surface area (Å²) >= 11 is 3.17. The van der Waals surface area contributed by atoms with Crippen molar-refractivity contribution in [3.63, 3.8) is 0 Å². The van der Waals surface area contributed by atoms with E-state index in [4.69, 9.17) is 0 Å². The highest BCUT2D eigenvalue weighted by Gasteiger charge is 2.13. The number of hydrazone groups is 1. The molecule has 0 atom stereocenters. The highest BCUT2D eigenvalue weighted by atomic mass is 79.9. The molecule has 1 heterocycles. The average molecular weight is 367 g/mol. The van der Waals surface area contributed by atoms with E-state index in [2.05, 4.69) is 31.6 Å². The number of amides is 1. The predicted molar refractivity (Wildman–Crippen MR) is 78.5 cm³/mol. The lowest BCUT2D eigenvalue weighted by molar-refractivity contribution is -0.385. The minimum atomic E-state index is -0.625. The first-order valence-electron chi connectivity index (χ1n) is 5.86. The van der Waals surface area contributed by atoms with Gasteiger partial charge in [0.2, 0.25) is 0 Å². The molecule has 9 nitrogen and oxygen atoms in total. The molecule has 1 aromatic carbocycles. The summed E-state index contributed by atoms with van der Waals surface area (Å²) in [7, 11) is 1.65. The van der Waals surface area contributed by atoms with E-state index in [1.54, 1.807) is 13.2 Å². The fourth-order valence-electron chi connectivity index (χ4n) is 1.58. The van der Waals surface area contributed by atoms with Gasteiger partial charge in [-0.1, -0.05) is 11.8 Å². The van der Waals surface area contributed by atoms with Crippen LogP contribution in [0.3, 0.4) is 0 Å². The lowest BCUT2D eigenvalue weighted by atomic mass is 10.2. The Balaban J connectivity index is 2.12.